The van der Waals surface area contributed by atoms with E-state index in [4.69, 9.17) is 4.42 Å². The van der Waals surface area contributed by atoms with Crippen LogP contribution in [-0.4, -0.2) is 27.6 Å². The highest BCUT2D eigenvalue weighted by Gasteiger charge is 2.13. The molecule has 0 atom stereocenters. The third-order valence-corrected chi connectivity index (χ3v) is 5.59. The molecule has 0 saturated carbocycles. The van der Waals surface area contributed by atoms with E-state index >= 15 is 0 Å². The molecule has 6 heteroatoms. The van der Waals surface area contributed by atoms with Crippen molar-refractivity contribution in [2.75, 3.05) is 6.54 Å². The Labute approximate surface area is 191 Å². The van der Waals surface area contributed by atoms with Gasteiger partial charge in [0.25, 0.3) is 5.91 Å². The Kier molecular flexibility index (Phi) is 5.64. The number of carbonyl (C=O) groups is 1. The predicted molar refractivity (Wildman–Crippen MR) is 128 cm³/mol. The minimum atomic E-state index is -0.124. The van der Waals surface area contributed by atoms with Gasteiger partial charge in [-0.2, -0.15) is 0 Å². The van der Waals surface area contributed by atoms with Crippen molar-refractivity contribution in [3.05, 3.63) is 102 Å². The van der Waals surface area contributed by atoms with Crippen molar-refractivity contribution < 1.29 is 9.21 Å². The van der Waals surface area contributed by atoms with Crippen molar-refractivity contribution in [1.29, 1.82) is 0 Å². The number of benzene rings is 3. The van der Waals surface area contributed by atoms with Crippen molar-refractivity contribution >= 4 is 16.8 Å². The van der Waals surface area contributed by atoms with Crippen LogP contribution in [0.4, 0.5) is 0 Å². The summed E-state index contributed by atoms with van der Waals surface area (Å²) in [5, 5.41) is 12.4. The zero-order valence-electron chi connectivity index (χ0n) is 18.2. The predicted octanol–water partition coefficient (Wildman–Crippen LogP) is 5.23. The molecule has 5 rings (SSSR count). The second-order valence-electron chi connectivity index (χ2n) is 7.80. The fourth-order valence-electron chi connectivity index (χ4n) is 3.81. The van der Waals surface area contributed by atoms with E-state index in [1.165, 1.54) is 0 Å². The van der Waals surface area contributed by atoms with Gasteiger partial charge >= 0.3 is 0 Å². The lowest BCUT2D eigenvalue weighted by Crippen LogP contribution is -2.25. The first-order valence-corrected chi connectivity index (χ1v) is 10.8. The van der Waals surface area contributed by atoms with Gasteiger partial charge in [0.05, 0.1) is 5.52 Å². The molecule has 0 unspecified atom stereocenters. The van der Waals surface area contributed by atoms with Crippen LogP contribution in [-0.2, 0) is 6.42 Å². The van der Waals surface area contributed by atoms with Crippen LogP contribution in [0.15, 0.2) is 89.5 Å². The Bertz CT molecular complexity index is 1420. The number of hydrogen-bond acceptors (Lipinski definition) is 5. The van der Waals surface area contributed by atoms with Gasteiger partial charge in [-0.3, -0.25) is 9.78 Å². The summed E-state index contributed by atoms with van der Waals surface area (Å²) in [4.78, 5) is 17.1. The van der Waals surface area contributed by atoms with E-state index in [0.717, 1.165) is 33.2 Å². The number of rotatable bonds is 6. The lowest BCUT2D eigenvalue weighted by atomic mass is 10.1. The number of aryl methyl sites for hydroxylation is 1. The Morgan fingerprint density at radius 2 is 1.67 bits per heavy atom. The molecule has 0 spiro atoms. The monoisotopic (exact) mass is 434 g/mol. The number of nitrogens with one attached hydrogen (secondary N) is 1. The van der Waals surface area contributed by atoms with Gasteiger partial charge in [0, 0.05) is 34.8 Å². The summed E-state index contributed by atoms with van der Waals surface area (Å²) in [5.74, 6) is 0.775. The lowest BCUT2D eigenvalue weighted by Gasteiger charge is -2.08. The standard InChI is InChI=1S/C27H22N4O2/c1-18-6-2-3-10-23(18)27-31-30-26(33-27)22-13-11-21(12-14-22)25(32)29-17-15-20-8-4-7-19-9-5-16-28-24(19)20/h2-14,16H,15,17H2,1H3,(H,29,32). The van der Waals surface area contributed by atoms with E-state index in [-0.39, 0.29) is 5.91 Å². The van der Waals surface area contributed by atoms with Gasteiger partial charge < -0.3 is 9.73 Å². The number of hydrogen-bond donors (Lipinski definition) is 1. The minimum Gasteiger partial charge on any atom is -0.416 e. The second kappa shape index (κ2) is 9.04. The van der Waals surface area contributed by atoms with Gasteiger partial charge in [0.2, 0.25) is 11.8 Å². The molecule has 0 saturated heterocycles. The summed E-state index contributed by atoms with van der Waals surface area (Å²) in [6, 6.07) is 25.1. The summed E-state index contributed by atoms with van der Waals surface area (Å²) in [7, 11) is 0. The first-order chi connectivity index (χ1) is 16.2. The normalized spacial score (nSPS) is 10.9. The molecule has 5 aromatic rings. The van der Waals surface area contributed by atoms with Crippen LogP contribution in [0, 0.1) is 6.92 Å². The number of para-hydroxylation sites is 1. The molecular weight excluding hydrogens is 412 g/mol. The number of pyridine rings is 1. The summed E-state index contributed by atoms with van der Waals surface area (Å²) in [6.07, 6.45) is 2.50. The zero-order valence-corrected chi connectivity index (χ0v) is 18.2. The molecule has 0 aliphatic heterocycles. The van der Waals surface area contributed by atoms with E-state index in [0.29, 0.717) is 30.3 Å². The molecule has 0 aliphatic rings. The van der Waals surface area contributed by atoms with Crippen molar-refractivity contribution in [3.8, 4) is 22.9 Å². The number of carbonyl (C=O) groups excluding carboxylic acids is 1. The maximum Gasteiger partial charge on any atom is 0.251 e. The SMILES string of the molecule is Cc1ccccc1-c1nnc(-c2ccc(C(=O)NCCc3cccc4cccnc34)cc2)o1. The largest absolute Gasteiger partial charge is 0.416 e. The highest BCUT2D eigenvalue weighted by atomic mass is 16.4. The van der Waals surface area contributed by atoms with Crippen molar-refractivity contribution in [1.82, 2.24) is 20.5 Å². The van der Waals surface area contributed by atoms with Crippen molar-refractivity contribution in [2.45, 2.75) is 13.3 Å². The molecule has 1 amide bonds. The maximum absolute atomic E-state index is 12.6. The van der Waals surface area contributed by atoms with Crippen LogP contribution in [0.5, 0.6) is 0 Å². The molecule has 3 aromatic carbocycles. The zero-order chi connectivity index (χ0) is 22.6. The Hall–Kier alpha value is -4.32. The molecule has 162 valence electrons. The third kappa shape index (κ3) is 4.36. The quantitative estimate of drug-likeness (QED) is 0.396. The van der Waals surface area contributed by atoms with Gasteiger partial charge in [-0.05, 0) is 60.9 Å². The first kappa shape index (κ1) is 20.6. The highest BCUT2D eigenvalue weighted by molar-refractivity contribution is 5.94. The van der Waals surface area contributed by atoms with Crippen molar-refractivity contribution in [2.24, 2.45) is 0 Å². The minimum absolute atomic E-state index is 0.124. The topological polar surface area (TPSA) is 80.9 Å². The van der Waals surface area contributed by atoms with E-state index < -0.39 is 0 Å². The number of nitrogens with zero attached hydrogens (tertiary/aromatic N) is 3. The highest BCUT2D eigenvalue weighted by Crippen LogP contribution is 2.26. The van der Waals surface area contributed by atoms with Gasteiger partial charge in [-0.1, -0.05) is 42.5 Å². The molecule has 33 heavy (non-hydrogen) atoms. The van der Waals surface area contributed by atoms with Crippen LogP contribution in [0.3, 0.4) is 0 Å². The Morgan fingerprint density at radius 1 is 0.879 bits per heavy atom. The molecule has 0 radical (unpaired) electrons. The van der Waals surface area contributed by atoms with Gasteiger partial charge in [-0.15, -0.1) is 10.2 Å². The summed E-state index contributed by atoms with van der Waals surface area (Å²) in [6.45, 7) is 2.53. The number of amides is 1. The molecular formula is C27H22N4O2. The van der Waals surface area contributed by atoms with Crippen LogP contribution in [0.2, 0.25) is 0 Å². The molecule has 0 bridgehead atoms. The van der Waals surface area contributed by atoms with Gasteiger partial charge in [0.15, 0.2) is 0 Å². The molecule has 1 N–H and O–H groups in total. The molecule has 2 aromatic heterocycles. The number of aromatic nitrogens is 3. The van der Waals surface area contributed by atoms with Gasteiger partial charge in [0.1, 0.15) is 0 Å². The lowest BCUT2D eigenvalue weighted by molar-refractivity contribution is 0.0954. The fraction of sp³-hybridized carbons (Fsp3) is 0.111. The molecule has 2 heterocycles. The average Bonchev–Trinajstić information content (AvgIpc) is 3.34. The van der Waals surface area contributed by atoms with E-state index in [9.17, 15) is 4.79 Å². The van der Waals surface area contributed by atoms with Crippen LogP contribution in [0.25, 0.3) is 33.8 Å². The smallest absolute Gasteiger partial charge is 0.251 e. The molecule has 6 nitrogen and oxygen atoms in total. The van der Waals surface area contributed by atoms with E-state index in [2.05, 4.69) is 20.5 Å². The van der Waals surface area contributed by atoms with E-state index in [1.807, 2.05) is 73.7 Å². The maximum atomic E-state index is 12.6. The first-order valence-electron chi connectivity index (χ1n) is 10.8. The second-order valence-corrected chi connectivity index (χ2v) is 7.80. The molecule has 0 fully saturated rings. The Morgan fingerprint density at radius 3 is 2.52 bits per heavy atom. The van der Waals surface area contributed by atoms with Crippen LogP contribution >= 0.6 is 0 Å². The molecule has 0 aliphatic carbocycles. The Balaban J connectivity index is 1.23. The summed E-state index contributed by atoms with van der Waals surface area (Å²) >= 11 is 0. The fourth-order valence-corrected chi connectivity index (χ4v) is 3.81. The van der Waals surface area contributed by atoms with E-state index in [1.54, 1.807) is 18.3 Å². The van der Waals surface area contributed by atoms with Crippen LogP contribution < -0.4 is 5.32 Å². The average molecular weight is 434 g/mol. The van der Waals surface area contributed by atoms with Crippen molar-refractivity contribution in [3.63, 3.8) is 0 Å². The van der Waals surface area contributed by atoms with Gasteiger partial charge in [-0.25, -0.2) is 0 Å². The van der Waals surface area contributed by atoms with Crippen LogP contribution in [0.1, 0.15) is 21.5 Å². The summed E-state index contributed by atoms with van der Waals surface area (Å²) < 4.78 is 5.86. The third-order valence-electron chi connectivity index (χ3n) is 5.59. The summed E-state index contributed by atoms with van der Waals surface area (Å²) in [5.41, 5.74) is 5.41. The number of fused-ring (bicyclic) bond motifs is 1.